The van der Waals surface area contributed by atoms with Crippen LogP contribution in [0.1, 0.15) is 0 Å². The first-order valence-corrected chi connectivity index (χ1v) is 5.48. The Labute approximate surface area is 105 Å². The maximum atomic E-state index is 13.5. The number of rotatable bonds is 2. The van der Waals surface area contributed by atoms with Gasteiger partial charge in [0.25, 0.3) is 0 Å². The lowest BCUT2D eigenvalue weighted by molar-refractivity contribution is 0.598. The van der Waals surface area contributed by atoms with E-state index in [1.165, 1.54) is 12.3 Å². The average Bonchev–Trinajstić information content (AvgIpc) is 2.26. The predicted molar refractivity (Wildman–Crippen MR) is 66.0 cm³/mol. The van der Waals surface area contributed by atoms with Gasteiger partial charge in [0.15, 0.2) is 0 Å². The molecule has 0 radical (unpaired) electrons. The van der Waals surface area contributed by atoms with Gasteiger partial charge in [0.05, 0.1) is 10.2 Å². The summed E-state index contributed by atoms with van der Waals surface area (Å²) in [5, 5.41) is 2.73. The molecule has 0 aliphatic rings. The van der Waals surface area contributed by atoms with Crippen LogP contribution in [0, 0.1) is 11.6 Å². The van der Waals surface area contributed by atoms with Crippen molar-refractivity contribution in [1.29, 1.82) is 0 Å². The van der Waals surface area contributed by atoms with Crippen LogP contribution in [0.3, 0.4) is 0 Å². The van der Waals surface area contributed by atoms with Crippen molar-refractivity contribution in [2.75, 3.05) is 11.1 Å². The Morgan fingerprint density at radius 1 is 1.18 bits per heavy atom. The summed E-state index contributed by atoms with van der Waals surface area (Å²) in [4.78, 5) is 3.80. The maximum absolute atomic E-state index is 13.5. The first kappa shape index (κ1) is 11.8. The molecule has 6 heteroatoms. The van der Waals surface area contributed by atoms with Gasteiger partial charge < -0.3 is 11.1 Å². The second-order valence-electron chi connectivity index (χ2n) is 3.34. The van der Waals surface area contributed by atoms with E-state index in [4.69, 9.17) is 5.73 Å². The number of anilines is 3. The van der Waals surface area contributed by atoms with Crippen LogP contribution in [-0.4, -0.2) is 4.98 Å². The van der Waals surface area contributed by atoms with E-state index in [-0.39, 0.29) is 10.2 Å². The number of nitrogens with two attached hydrogens (primary N) is 1. The average molecular weight is 300 g/mol. The molecule has 88 valence electrons. The van der Waals surface area contributed by atoms with E-state index in [9.17, 15) is 8.78 Å². The second-order valence-corrected chi connectivity index (χ2v) is 4.19. The molecule has 0 atom stereocenters. The van der Waals surface area contributed by atoms with Crippen LogP contribution in [0.4, 0.5) is 26.0 Å². The van der Waals surface area contributed by atoms with Crippen LogP contribution in [0.15, 0.2) is 34.9 Å². The summed E-state index contributed by atoms with van der Waals surface area (Å²) in [6.07, 6.45) is 1.48. The van der Waals surface area contributed by atoms with E-state index < -0.39 is 11.6 Å². The Kier molecular flexibility index (Phi) is 3.23. The SMILES string of the molecule is Nc1cc(Nc2cc(F)c(Br)cc2F)ccn1. The zero-order valence-electron chi connectivity index (χ0n) is 8.55. The van der Waals surface area contributed by atoms with Gasteiger partial charge in [-0.2, -0.15) is 0 Å². The van der Waals surface area contributed by atoms with E-state index >= 15 is 0 Å². The number of hydrogen-bond acceptors (Lipinski definition) is 3. The molecule has 0 bridgehead atoms. The predicted octanol–water partition coefficient (Wildman–Crippen LogP) is 3.45. The van der Waals surface area contributed by atoms with Crippen LogP contribution >= 0.6 is 15.9 Å². The zero-order valence-corrected chi connectivity index (χ0v) is 10.1. The Morgan fingerprint density at radius 3 is 2.65 bits per heavy atom. The van der Waals surface area contributed by atoms with Crippen molar-refractivity contribution in [3.8, 4) is 0 Å². The first-order valence-electron chi connectivity index (χ1n) is 4.69. The topological polar surface area (TPSA) is 50.9 Å². The number of aromatic nitrogens is 1. The Hall–Kier alpha value is -1.69. The van der Waals surface area contributed by atoms with E-state index in [1.807, 2.05) is 0 Å². The largest absolute Gasteiger partial charge is 0.384 e. The van der Waals surface area contributed by atoms with Gasteiger partial charge in [0.2, 0.25) is 0 Å². The van der Waals surface area contributed by atoms with Gasteiger partial charge in [-0.1, -0.05) is 0 Å². The third kappa shape index (κ3) is 2.71. The summed E-state index contributed by atoms with van der Waals surface area (Å²) < 4.78 is 26.8. The van der Waals surface area contributed by atoms with Gasteiger partial charge in [-0.3, -0.25) is 0 Å². The Balaban J connectivity index is 2.33. The van der Waals surface area contributed by atoms with E-state index in [0.717, 1.165) is 12.1 Å². The quantitative estimate of drug-likeness (QED) is 0.835. The fourth-order valence-electron chi connectivity index (χ4n) is 1.30. The normalized spacial score (nSPS) is 10.3. The van der Waals surface area contributed by atoms with Gasteiger partial charge in [0, 0.05) is 24.0 Å². The highest BCUT2D eigenvalue weighted by atomic mass is 79.9. The van der Waals surface area contributed by atoms with Crippen molar-refractivity contribution in [1.82, 2.24) is 4.98 Å². The maximum Gasteiger partial charge on any atom is 0.147 e. The molecule has 0 aliphatic heterocycles. The van der Waals surface area contributed by atoms with E-state index in [0.29, 0.717) is 11.5 Å². The Morgan fingerprint density at radius 2 is 1.94 bits per heavy atom. The molecule has 0 saturated carbocycles. The molecule has 0 aliphatic carbocycles. The number of nitrogens with one attached hydrogen (secondary N) is 1. The highest BCUT2D eigenvalue weighted by Gasteiger charge is 2.08. The molecule has 0 unspecified atom stereocenters. The number of benzene rings is 1. The zero-order chi connectivity index (χ0) is 12.4. The lowest BCUT2D eigenvalue weighted by Gasteiger charge is -2.08. The number of pyridine rings is 1. The minimum Gasteiger partial charge on any atom is -0.384 e. The molecule has 2 aromatic rings. The van der Waals surface area contributed by atoms with Crippen molar-refractivity contribution in [2.24, 2.45) is 0 Å². The minimum atomic E-state index is -0.561. The van der Waals surface area contributed by atoms with Crippen molar-refractivity contribution >= 4 is 33.1 Å². The smallest absolute Gasteiger partial charge is 0.147 e. The molecule has 0 fully saturated rings. The van der Waals surface area contributed by atoms with E-state index in [2.05, 4.69) is 26.2 Å². The molecule has 3 nitrogen and oxygen atoms in total. The highest BCUT2D eigenvalue weighted by molar-refractivity contribution is 9.10. The summed E-state index contributed by atoms with van der Waals surface area (Å²) in [5.74, 6) is -0.808. The van der Waals surface area contributed by atoms with Crippen molar-refractivity contribution in [3.05, 3.63) is 46.6 Å². The lowest BCUT2D eigenvalue weighted by Crippen LogP contribution is -1.97. The fourth-order valence-corrected chi connectivity index (χ4v) is 1.62. The van der Waals surface area contributed by atoms with Crippen LogP contribution in [-0.2, 0) is 0 Å². The van der Waals surface area contributed by atoms with Crippen LogP contribution in [0.2, 0.25) is 0 Å². The van der Waals surface area contributed by atoms with Gasteiger partial charge in [0.1, 0.15) is 17.5 Å². The van der Waals surface area contributed by atoms with Gasteiger partial charge in [-0.25, -0.2) is 13.8 Å². The van der Waals surface area contributed by atoms with Gasteiger partial charge in [-0.15, -0.1) is 0 Å². The lowest BCUT2D eigenvalue weighted by atomic mass is 10.2. The van der Waals surface area contributed by atoms with Crippen LogP contribution < -0.4 is 11.1 Å². The molecule has 2 rings (SSSR count). The molecular weight excluding hydrogens is 292 g/mol. The monoisotopic (exact) mass is 299 g/mol. The molecule has 0 saturated heterocycles. The summed E-state index contributed by atoms with van der Waals surface area (Å²) >= 11 is 2.90. The van der Waals surface area contributed by atoms with Gasteiger partial charge in [-0.05, 0) is 28.1 Å². The second kappa shape index (κ2) is 4.67. The molecule has 0 amide bonds. The van der Waals surface area contributed by atoms with Gasteiger partial charge >= 0.3 is 0 Å². The number of halogens is 3. The number of nitrogen functional groups attached to an aromatic ring is 1. The molecule has 1 aromatic carbocycles. The molecule has 1 heterocycles. The summed E-state index contributed by atoms with van der Waals surface area (Å²) in [6.45, 7) is 0. The molecule has 3 N–H and O–H groups in total. The molecular formula is C11H8BrF2N3. The highest BCUT2D eigenvalue weighted by Crippen LogP contribution is 2.26. The molecule has 1 aromatic heterocycles. The molecule has 0 spiro atoms. The van der Waals surface area contributed by atoms with Crippen molar-refractivity contribution in [2.45, 2.75) is 0 Å². The number of nitrogens with zero attached hydrogens (tertiary/aromatic N) is 1. The fraction of sp³-hybridized carbons (Fsp3) is 0. The first-order chi connectivity index (χ1) is 8.06. The number of hydrogen-bond donors (Lipinski definition) is 2. The summed E-state index contributed by atoms with van der Waals surface area (Å²) in [6, 6.07) is 5.26. The third-order valence-electron chi connectivity index (χ3n) is 2.07. The summed E-state index contributed by atoms with van der Waals surface area (Å²) in [5.41, 5.74) is 6.06. The van der Waals surface area contributed by atoms with E-state index in [1.54, 1.807) is 6.07 Å². The Bertz CT molecular complexity index is 560. The van der Waals surface area contributed by atoms with Crippen LogP contribution in [0.5, 0.6) is 0 Å². The standard InChI is InChI=1S/C11H8BrF2N3/c12-7-4-9(14)10(5-8(7)13)17-6-1-2-16-11(15)3-6/h1-5H,(H3,15,16,17). The van der Waals surface area contributed by atoms with Crippen molar-refractivity contribution < 1.29 is 8.78 Å². The van der Waals surface area contributed by atoms with Crippen molar-refractivity contribution in [3.63, 3.8) is 0 Å². The minimum absolute atomic E-state index is 0.0382. The molecule has 17 heavy (non-hydrogen) atoms. The third-order valence-corrected chi connectivity index (χ3v) is 2.68. The van der Waals surface area contributed by atoms with Crippen LogP contribution in [0.25, 0.3) is 0 Å². The summed E-state index contributed by atoms with van der Waals surface area (Å²) in [7, 11) is 0.